The minimum atomic E-state index is -0.845. The summed E-state index contributed by atoms with van der Waals surface area (Å²) in [5, 5.41) is 11.1. The van der Waals surface area contributed by atoms with Crippen LogP contribution in [0.4, 0.5) is 4.79 Å². The van der Waals surface area contributed by atoms with Crippen molar-refractivity contribution in [3.8, 4) is 0 Å². The Labute approximate surface area is 112 Å². The van der Waals surface area contributed by atoms with Gasteiger partial charge in [0.25, 0.3) is 0 Å². The lowest BCUT2D eigenvalue weighted by Crippen LogP contribution is -2.57. The minimum absolute atomic E-state index is 0.0749. The fraction of sp³-hybridized carbons (Fsp3) is 0.833. The van der Waals surface area contributed by atoms with Crippen molar-refractivity contribution in [1.29, 1.82) is 0 Å². The number of likely N-dealkylation sites (tertiary alicyclic amines) is 1. The molecule has 0 aromatic heterocycles. The number of methoxy groups -OCH3 is 1. The molecule has 0 aromatic rings. The van der Waals surface area contributed by atoms with Crippen LogP contribution in [0.5, 0.6) is 0 Å². The Hall–Kier alpha value is -1.34. The first-order valence-corrected chi connectivity index (χ1v) is 6.48. The lowest BCUT2D eigenvalue weighted by molar-refractivity contribution is -0.137. The first kappa shape index (κ1) is 15.7. The number of hydrogen-bond acceptors (Lipinski definition) is 4. The zero-order valence-corrected chi connectivity index (χ0v) is 11.3. The molecule has 0 bridgehead atoms. The van der Waals surface area contributed by atoms with Gasteiger partial charge in [0, 0.05) is 33.3 Å². The summed E-state index contributed by atoms with van der Waals surface area (Å²) < 4.78 is 10.4. The third-order valence-electron chi connectivity index (χ3n) is 2.83. The highest BCUT2D eigenvalue weighted by Gasteiger charge is 2.30. The largest absolute Gasteiger partial charge is 0.481 e. The van der Waals surface area contributed by atoms with Crippen molar-refractivity contribution in [1.82, 2.24) is 10.2 Å². The highest BCUT2D eigenvalue weighted by Crippen LogP contribution is 2.11. The molecule has 0 radical (unpaired) electrons. The van der Waals surface area contributed by atoms with Crippen molar-refractivity contribution >= 4 is 12.0 Å². The molecule has 1 fully saturated rings. The summed E-state index contributed by atoms with van der Waals surface area (Å²) in [5.74, 6) is -0.845. The molecule has 1 aliphatic heterocycles. The van der Waals surface area contributed by atoms with Gasteiger partial charge < -0.3 is 24.8 Å². The van der Waals surface area contributed by atoms with E-state index in [-0.39, 0.29) is 18.6 Å². The number of urea groups is 1. The molecule has 1 saturated heterocycles. The Bertz CT molecular complexity index is 292. The average molecular weight is 274 g/mol. The number of carbonyl (C=O) groups is 2. The van der Waals surface area contributed by atoms with Crippen LogP contribution in [0.25, 0.3) is 0 Å². The maximum atomic E-state index is 11.6. The SMILES string of the molecule is COCCCOC1CN(C(=O)NCCCC(=O)O)C1. The summed E-state index contributed by atoms with van der Waals surface area (Å²) in [7, 11) is 1.65. The molecular formula is C12H22N2O5. The van der Waals surface area contributed by atoms with Crippen LogP contribution >= 0.6 is 0 Å². The maximum Gasteiger partial charge on any atom is 0.317 e. The van der Waals surface area contributed by atoms with Gasteiger partial charge in [-0.3, -0.25) is 4.79 Å². The Morgan fingerprint density at radius 2 is 2.05 bits per heavy atom. The van der Waals surface area contributed by atoms with Gasteiger partial charge in [0.15, 0.2) is 0 Å². The first-order chi connectivity index (χ1) is 9.13. The second-order valence-electron chi connectivity index (χ2n) is 4.47. The van der Waals surface area contributed by atoms with E-state index in [1.165, 1.54) is 0 Å². The third kappa shape index (κ3) is 6.40. The molecule has 0 saturated carbocycles. The number of amides is 2. The molecule has 19 heavy (non-hydrogen) atoms. The number of rotatable bonds is 9. The minimum Gasteiger partial charge on any atom is -0.481 e. The van der Waals surface area contributed by atoms with E-state index in [1.807, 2.05) is 0 Å². The van der Waals surface area contributed by atoms with Gasteiger partial charge in [0.2, 0.25) is 0 Å². The number of ether oxygens (including phenoxy) is 2. The average Bonchev–Trinajstić information content (AvgIpc) is 2.31. The van der Waals surface area contributed by atoms with Crippen molar-refractivity contribution in [3.05, 3.63) is 0 Å². The van der Waals surface area contributed by atoms with Crippen LogP contribution in [-0.2, 0) is 14.3 Å². The van der Waals surface area contributed by atoms with Crippen molar-refractivity contribution in [3.63, 3.8) is 0 Å². The van der Waals surface area contributed by atoms with Gasteiger partial charge in [0.1, 0.15) is 0 Å². The highest BCUT2D eigenvalue weighted by atomic mass is 16.5. The van der Waals surface area contributed by atoms with Crippen molar-refractivity contribution in [2.24, 2.45) is 0 Å². The zero-order chi connectivity index (χ0) is 14.1. The molecule has 0 spiro atoms. The van der Waals surface area contributed by atoms with E-state index < -0.39 is 5.97 Å². The van der Waals surface area contributed by atoms with Gasteiger partial charge in [-0.1, -0.05) is 0 Å². The van der Waals surface area contributed by atoms with E-state index in [0.29, 0.717) is 39.3 Å². The molecule has 2 N–H and O–H groups in total. The number of hydrogen-bond donors (Lipinski definition) is 2. The van der Waals surface area contributed by atoms with Crippen molar-refractivity contribution in [2.75, 3.05) is 40.0 Å². The topological polar surface area (TPSA) is 88.1 Å². The molecule has 0 aliphatic carbocycles. The summed E-state index contributed by atoms with van der Waals surface area (Å²) >= 11 is 0. The second kappa shape index (κ2) is 8.71. The molecule has 1 aliphatic rings. The predicted octanol–water partition coefficient (Wildman–Crippen LogP) is 0.298. The summed E-state index contributed by atoms with van der Waals surface area (Å²) in [6, 6.07) is -0.151. The van der Waals surface area contributed by atoms with Gasteiger partial charge in [-0.05, 0) is 12.8 Å². The number of aliphatic carboxylic acids is 1. The smallest absolute Gasteiger partial charge is 0.317 e. The molecule has 1 rings (SSSR count). The van der Waals surface area contributed by atoms with E-state index in [9.17, 15) is 9.59 Å². The monoisotopic (exact) mass is 274 g/mol. The maximum absolute atomic E-state index is 11.6. The Balaban J connectivity index is 1.97. The van der Waals surface area contributed by atoms with Gasteiger partial charge >= 0.3 is 12.0 Å². The lowest BCUT2D eigenvalue weighted by atomic mass is 10.2. The summed E-state index contributed by atoms with van der Waals surface area (Å²) in [4.78, 5) is 23.5. The zero-order valence-electron chi connectivity index (χ0n) is 11.3. The summed E-state index contributed by atoms with van der Waals surface area (Å²) in [6.45, 7) is 2.91. The van der Waals surface area contributed by atoms with Gasteiger partial charge in [-0.25, -0.2) is 4.79 Å². The second-order valence-corrected chi connectivity index (χ2v) is 4.47. The highest BCUT2D eigenvalue weighted by molar-refractivity contribution is 5.75. The summed E-state index contributed by atoms with van der Waals surface area (Å²) in [6.07, 6.45) is 1.49. The van der Waals surface area contributed by atoms with Crippen LogP contribution in [-0.4, -0.2) is 68.1 Å². The number of carboxylic acids is 1. The molecule has 2 amide bonds. The Morgan fingerprint density at radius 1 is 1.32 bits per heavy atom. The fourth-order valence-electron chi connectivity index (χ4n) is 1.71. The quantitative estimate of drug-likeness (QED) is 0.590. The van der Waals surface area contributed by atoms with E-state index >= 15 is 0 Å². The van der Waals surface area contributed by atoms with E-state index in [1.54, 1.807) is 12.0 Å². The molecule has 0 aromatic carbocycles. The van der Waals surface area contributed by atoms with Crippen LogP contribution in [0.15, 0.2) is 0 Å². The van der Waals surface area contributed by atoms with Gasteiger partial charge in [0.05, 0.1) is 19.2 Å². The van der Waals surface area contributed by atoms with Crippen LogP contribution in [0.1, 0.15) is 19.3 Å². The predicted molar refractivity (Wildman–Crippen MR) is 68.1 cm³/mol. The van der Waals surface area contributed by atoms with E-state index in [2.05, 4.69) is 5.32 Å². The molecule has 7 heteroatoms. The number of nitrogens with one attached hydrogen (secondary N) is 1. The van der Waals surface area contributed by atoms with Crippen LogP contribution in [0, 0.1) is 0 Å². The van der Waals surface area contributed by atoms with Crippen LogP contribution < -0.4 is 5.32 Å². The normalized spacial score (nSPS) is 15.1. The van der Waals surface area contributed by atoms with Gasteiger partial charge in [-0.2, -0.15) is 0 Å². The lowest BCUT2D eigenvalue weighted by Gasteiger charge is -2.38. The molecule has 110 valence electrons. The number of carboxylic acid groups (broad SMARTS) is 1. The van der Waals surface area contributed by atoms with Crippen LogP contribution in [0.2, 0.25) is 0 Å². The van der Waals surface area contributed by atoms with Gasteiger partial charge in [-0.15, -0.1) is 0 Å². The fourth-order valence-corrected chi connectivity index (χ4v) is 1.71. The van der Waals surface area contributed by atoms with E-state index in [4.69, 9.17) is 14.6 Å². The molecule has 0 atom stereocenters. The Kier molecular flexibility index (Phi) is 7.20. The number of carbonyl (C=O) groups excluding carboxylic acids is 1. The summed E-state index contributed by atoms with van der Waals surface area (Å²) in [5.41, 5.74) is 0. The van der Waals surface area contributed by atoms with Crippen LogP contribution in [0.3, 0.4) is 0 Å². The molecule has 0 unspecified atom stereocenters. The van der Waals surface area contributed by atoms with Crippen molar-refractivity contribution < 1.29 is 24.2 Å². The molecular weight excluding hydrogens is 252 g/mol. The van der Waals surface area contributed by atoms with Crippen molar-refractivity contribution in [2.45, 2.75) is 25.4 Å². The Morgan fingerprint density at radius 3 is 2.68 bits per heavy atom. The number of nitrogens with zero attached hydrogens (tertiary/aromatic N) is 1. The molecule has 7 nitrogen and oxygen atoms in total. The standard InChI is InChI=1S/C12H22N2O5/c1-18-6-3-7-19-10-8-14(9-10)12(17)13-5-2-4-11(15)16/h10H,2-9H2,1H3,(H,13,17)(H,15,16). The molecule has 1 heterocycles. The van der Waals surface area contributed by atoms with E-state index in [0.717, 1.165) is 6.42 Å². The first-order valence-electron chi connectivity index (χ1n) is 6.48. The third-order valence-corrected chi connectivity index (χ3v) is 2.83.